The van der Waals surface area contributed by atoms with Crippen molar-refractivity contribution in [1.29, 1.82) is 0 Å². The van der Waals surface area contributed by atoms with Crippen LogP contribution in [0.4, 0.5) is 0 Å². The summed E-state index contributed by atoms with van der Waals surface area (Å²) >= 11 is 7.80. The lowest BCUT2D eigenvalue weighted by Crippen LogP contribution is -2.18. The Hall–Kier alpha value is -0.960. The van der Waals surface area contributed by atoms with Gasteiger partial charge in [0.25, 0.3) is 0 Å². The van der Waals surface area contributed by atoms with Crippen LogP contribution in [0.2, 0.25) is 5.02 Å². The molecular formula is C16H18ClNS. The standard InChI is InChI=1S/C16H18ClNS/c1-3-18-12(2)15-9-4-5-10-16(15)19-14-8-6-7-13(17)11-14/h4-12,18H,3H2,1-2H3. The minimum atomic E-state index is 0.355. The van der Waals surface area contributed by atoms with Gasteiger partial charge in [-0.2, -0.15) is 0 Å². The highest BCUT2D eigenvalue weighted by atomic mass is 35.5. The van der Waals surface area contributed by atoms with Gasteiger partial charge in [0.1, 0.15) is 0 Å². The Labute approximate surface area is 124 Å². The van der Waals surface area contributed by atoms with Gasteiger partial charge in [0.05, 0.1) is 0 Å². The van der Waals surface area contributed by atoms with E-state index < -0.39 is 0 Å². The smallest absolute Gasteiger partial charge is 0.0417 e. The van der Waals surface area contributed by atoms with Crippen molar-refractivity contribution in [1.82, 2.24) is 5.32 Å². The van der Waals surface area contributed by atoms with Gasteiger partial charge in [-0.25, -0.2) is 0 Å². The molecule has 1 atom stereocenters. The molecule has 2 rings (SSSR count). The first-order valence-corrected chi connectivity index (χ1v) is 7.66. The molecule has 0 fully saturated rings. The zero-order valence-electron chi connectivity index (χ0n) is 11.2. The molecule has 0 heterocycles. The molecular weight excluding hydrogens is 274 g/mol. The molecule has 0 radical (unpaired) electrons. The summed E-state index contributed by atoms with van der Waals surface area (Å²) in [5, 5.41) is 4.24. The minimum Gasteiger partial charge on any atom is -0.310 e. The summed E-state index contributed by atoms with van der Waals surface area (Å²) in [4.78, 5) is 2.45. The molecule has 2 aromatic rings. The van der Waals surface area contributed by atoms with Crippen LogP contribution >= 0.6 is 23.4 Å². The third-order valence-electron chi connectivity index (χ3n) is 2.92. The number of hydrogen-bond acceptors (Lipinski definition) is 2. The maximum atomic E-state index is 6.04. The highest BCUT2D eigenvalue weighted by molar-refractivity contribution is 7.99. The van der Waals surface area contributed by atoms with Crippen molar-refractivity contribution < 1.29 is 0 Å². The summed E-state index contributed by atoms with van der Waals surface area (Å²) in [5.41, 5.74) is 1.33. The van der Waals surface area contributed by atoms with E-state index in [-0.39, 0.29) is 0 Å². The number of halogens is 1. The third kappa shape index (κ3) is 4.00. The Morgan fingerprint density at radius 1 is 1.16 bits per heavy atom. The second kappa shape index (κ2) is 6.99. The van der Waals surface area contributed by atoms with Gasteiger partial charge in [0.15, 0.2) is 0 Å². The summed E-state index contributed by atoms with van der Waals surface area (Å²) in [6, 6.07) is 16.8. The number of nitrogens with one attached hydrogen (secondary N) is 1. The molecule has 0 saturated carbocycles. The van der Waals surface area contributed by atoms with E-state index in [1.54, 1.807) is 11.8 Å². The molecule has 1 N–H and O–H groups in total. The molecule has 0 amide bonds. The van der Waals surface area contributed by atoms with Gasteiger partial charge in [0, 0.05) is 20.9 Å². The Morgan fingerprint density at radius 3 is 2.68 bits per heavy atom. The van der Waals surface area contributed by atoms with Crippen molar-refractivity contribution in [2.24, 2.45) is 0 Å². The lowest BCUT2D eigenvalue weighted by Gasteiger charge is -2.16. The van der Waals surface area contributed by atoms with Crippen LogP contribution in [0.1, 0.15) is 25.5 Å². The molecule has 0 aromatic heterocycles. The van der Waals surface area contributed by atoms with E-state index in [9.17, 15) is 0 Å². The lowest BCUT2D eigenvalue weighted by molar-refractivity contribution is 0.590. The van der Waals surface area contributed by atoms with E-state index in [1.165, 1.54) is 15.4 Å². The van der Waals surface area contributed by atoms with Crippen molar-refractivity contribution in [3.8, 4) is 0 Å². The largest absolute Gasteiger partial charge is 0.310 e. The van der Waals surface area contributed by atoms with Gasteiger partial charge in [-0.05, 0) is 43.3 Å². The molecule has 0 aliphatic rings. The average Bonchev–Trinajstić information content (AvgIpc) is 2.39. The van der Waals surface area contributed by atoms with Crippen molar-refractivity contribution in [3.63, 3.8) is 0 Å². The van der Waals surface area contributed by atoms with Crippen LogP contribution in [0.15, 0.2) is 58.3 Å². The highest BCUT2D eigenvalue weighted by Crippen LogP contribution is 2.34. The van der Waals surface area contributed by atoms with Crippen LogP contribution in [0.25, 0.3) is 0 Å². The maximum Gasteiger partial charge on any atom is 0.0417 e. The predicted octanol–water partition coefficient (Wildman–Crippen LogP) is 5.16. The molecule has 2 aromatic carbocycles. The van der Waals surface area contributed by atoms with Crippen LogP contribution in [0, 0.1) is 0 Å². The first-order valence-electron chi connectivity index (χ1n) is 6.46. The van der Waals surface area contributed by atoms with E-state index in [1.807, 2.05) is 18.2 Å². The Balaban J connectivity index is 2.25. The summed E-state index contributed by atoms with van der Waals surface area (Å²) in [5.74, 6) is 0. The fourth-order valence-electron chi connectivity index (χ4n) is 2.00. The topological polar surface area (TPSA) is 12.0 Å². The number of hydrogen-bond donors (Lipinski definition) is 1. The third-order valence-corrected chi connectivity index (χ3v) is 4.24. The van der Waals surface area contributed by atoms with E-state index in [0.717, 1.165) is 11.6 Å². The van der Waals surface area contributed by atoms with Gasteiger partial charge >= 0.3 is 0 Å². The van der Waals surface area contributed by atoms with E-state index >= 15 is 0 Å². The fraction of sp³-hybridized carbons (Fsp3) is 0.250. The Kier molecular flexibility index (Phi) is 5.32. The van der Waals surface area contributed by atoms with Crippen molar-refractivity contribution in [2.75, 3.05) is 6.54 Å². The summed E-state index contributed by atoms with van der Waals surface area (Å²) in [7, 11) is 0. The van der Waals surface area contributed by atoms with Crippen LogP contribution < -0.4 is 5.32 Å². The van der Waals surface area contributed by atoms with Gasteiger partial charge in [-0.15, -0.1) is 0 Å². The summed E-state index contributed by atoms with van der Waals surface area (Å²) < 4.78 is 0. The Morgan fingerprint density at radius 2 is 1.95 bits per heavy atom. The van der Waals surface area contributed by atoms with Crippen LogP contribution in [-0.2, 0) is 0 Å². The zero-order valence-corrected chi connectivity index (χ0v) is 12.8. The van der Waals surface area contributed by atoms with Gasteiger partial charge < -0.3 is 5.32 Å². The zero-order chi connectivity index (χ0) is 13.7. The fourth-order valence-corrected chi connectivity index (χ4v) is 3.36. The predicted molar refractivity (Wildman–Crippen MR) is 84.1 cm³/mol. The Bertz CT molecular complexity index is 542. The summed E-state index contributed by atoms with van der Waals surface area (Å²) in [6.07, 6.45) is 0. The highest BCUT2D eigenvalue weighted by Gasteiger charge is 2.10. The normalized spacial score (nSPS) is 12.4. The average molecular weight is 292 g/mol. The second-order valence-electron chi connectivity index (χ2n) is 4.38. The molecule has 3 heteroatoms. The van der Waals surface area contributed by atoms with Gasteiger partial charge in [0.2, 0.25) is 0 Å². The molecule has 1 nitrogen and oxygen atoms in total. The SMILES string of the molecule is CCNC(C)c1ccccc1Sc1cccc(Cl)c1. The van der Waals surface area contributed by atoms with Gasteiger partial charge in [-0.3, -0.25) is 0 Å². The maximum absolute atomic E-state index is 6.04. The molecule has 0 aliphatic carbocycles. The van der Waals surface area contributed by atoms with Crippen LogP contribution in [-0.4, -0.2) is 6.54 Å². The summed E-state index contributed by atoms with van der Waals surface area (Å²) in [6.45, 7) is 5.29. The molecule has 19 heavy (non-hydrogen) atoms. The van der Waals surface area contributed by atoms with Crippen molar-refractivity contribution >= 4 is 23.4 Å². The molecule has 0 spiro atoms. The number of benzene rings is 2. The van der Waals surface area contributed by atoms with E-state index in [2.05, 4.69) is 49.5 Å². The molecule has 0 bridgehead atoms. The molecule has 0 saturated heterocycles. The number of rotatable bonds is 5. The van der Waals surface area contributed by atoms with Gasteiger partial charge in [-0.1, -0.05) is 54.6 Å². The second-order valence-corrected chi connectivity index (χ2v) is 5.93. The van der Waals surface area contributed by atoms with Crippen LogP contribution in [0.3, 0.4) is 0 Å². The lowest BCUT2D eigenvalue weighted by atomic mass is 10.1. The van der Waals surface area contributed by atoms with Crippen molar-refractivity contribution in [3.05, 3.63) is 59.1 Å². The van der Waals surface area contributed by atoms with E-state index in [4.69, 9.17) is 11.6 Å². The molecule has 100 valence electrons. The quantitative estimate of drug-likeness (QED) is 0.816. The molecule has 1 unspecified atom stereocenters. The first-order chi connectivity index (χ1) is 9.20. The monoisotopic (exact) mass is 291 g/mol. The minimum absolute atomic E-state index is 0.355. The molecule has 0 aliphatic heterocycles. The first kappa shape index (κ1) is 14.4. The van der Waals surface area contributed by atoms with Crippen LogP contribution in [0.5, 0.6) is 0 Å². The van der Waals surface area contributed by atoms with E-state index in [0.29, 0.717) is 6.04 Å². The van der Waals surface area contributed by atoms with Crippen molar-refractivity contribution in [2.45, 2.75) is 29.7 Å².